The number of para-hydroxylation sites is 2. The van der Waals surface area contributed by atoms with Gasteiger partial charge in [0.15, 0.2) is 5.65 Å². The van der Waals surface area contributed by atoms with Crippen molar-refractivity contribution in [1.29, 1.82) is 10.5 Å². The molecule has 0 radical (unpaired) electrons. The van der Waals surface area contributed by atoms with Gasteiger partial charge in [-0.25, -0.2) is 4.98 Å². The smallest absolute Gasteiger partial charge is 0.155 e. The van der Waals surface area contributed by atoms with Crippen molar-refractivity contribution in [3.8, 4) is 12.1 Å². The fourth-order valence-electron chi connectivity index (χ4n) is 1.90. The molecule has 0 unspecified atom stereocenters. The minimum absolute atomic E-state index is 0.417. The summed E-state index contributed by atoms with van der Waals surface area (Å²) >= 11 is 0. The number of fused-ring (bicyclic) bond motifs is 3. The van der Waals surface area contributed by atoms with E-state index < -0.39 is 0 Å². The van der Waals surface area contributed by atoms with E-state index in [0.29, 0.717) is 16.8 Å². The van der Waals surface area contributed by atoms with Crippen LogP contribution in [-0.2, 0) is 0 Å². The molecule has 3 rings (SSSR count). The Kier molecular flexibility index (Phi) is 1.84. The molecule has 0 saturated carbocycles. The zero-order chi connectivity index (χ0) is 11.8. The van der Waals surface area contributed by atoms with Crippen LogP contribution in [0.2, 0.25) is 0 Å². The van der Waals surface area contributed by atoms with E-state index in [2.05, 4.69) is 11.1 Å². The first kappa shape index (κ1) is 9.38. The molecule has 78 valence electrons. The normalized spacial score (nSPS) is 10.2. The van der Waals surface area contributed by atoms with Crippen molar-refractivity contribution in [3.05, 3.63) is 47.7 Å². The van der Waals surface area contributed by atoms with E-state index in [1.165, 1.54) is 0 Å². The monoisotopic (exact) mass is 218 g/mol. The number of pyridine rings is 1. The topological polar surface area (TPSA) is 64.9 Å². The average Bonchev–Trinajstić information content (AvgIpc) is 2.76. The Morgan fingerprint density at radius 1 is 1.12 bits per heavy atom. The maximum Gasteiger partial charge on any atom is 0.155 e. The second-order valence-electron chi connectivity index (χ2n) is 3.66. The quantitative estimate of drug-likeness (QED) is 0.581. The number of hydrogen-bond acceptors (Lipinski definition) is 3. The third-order valence-corrected chi connectivity index (χ3v) is 2.65. The Labute approximate surface area is 97.0 Å². The molecule has 0 amide bonds. The first-order chi connectivity index (χ1) is 8.33. The van der Waals surface area contributed by atoms with Gasteiger partial charge in [0.1, 0.15) is 12.1 Å². The second-order valence-corrected chi connectivity index (χ2v) is 3.66. The van der Waals surface area contributed by atoms with E-state index in [9.17, 15) is 0 Å². The highest BCUT2D eigenvalue weighted by Crippen LogP contribution is 2.19. The van der Waals surface area contributed by atoms with E-state index in [1.54, 1.807) is 16.7 Å². The molecule has 2 heterocycles. The minimum Gasteiger partial charge on any atom is -0.297 e. The summed E-state index contributed by atoms with van der Waals surface area (Å²) in [6.45, 7) is 0. The first-order valence-corrected chi connectivity index (χ1v) is 5.04. The highest BCUT2D eigenvalue weighted by molar-refractivity contribution is 5.82. The summed E-state index contributed by atoms with van der Waals surface area (Å²) in [6, 6.07) is 13.3. The third kappa shape index (κ3) is 1.25. The summed E-state index contributed by atoms with van der Waals surface area (Å²) in [4.78, 5) is 4.39. The summed E-state index contributed by atoms with van der Waals surface area (Å²) in [5.41, 5.74) is 3.18. The van der Waals surface area contributed by atoms with Gasteiger partial charge in [0.25, 0.3) is 0 Å². The zero-order valence-electron chi connectivity index (χ0n) is 8.75. The van der Waals surface area contributed by atoms with Crippen LogP contribution in [0.25, 0.3) is 16.7 Å². The summed E-state index contributed by atoms with van der Waals surface area (Å²) in [5.74, 6) is 0. The molecule has 0 atom stereocenters. The lowest BCUT2D eigenvalue weighted by Gasteiger charge is -1.97. The van der Waals surface area contributed by atoms with Crippen molar-refractivity contribution in [3.63, 3.8) is 0 Å². The van der Waals surface area contributed by atoms with Gasteiger partial charge in [-0.1, -0.05) is 12.1 Å². The molecule has 4 heteroatoms. The van der Waals surface area contributed by atoms with Crippen molar-refractivity contribution in [2.45, 2.75) is 0 Å². The number of imidazole rings is 1. The van der Waals surface area contributed by atoms with Gasteiger partial charge in [-0.05, 0) is 18.2 Å². The molecule has 0 aliphatic rings. The molecule has 1 aromatic carbocycles. The molecule has 0 fully saturated rings. The van der Waals surface area contributed by atoms with Crippen molar-refractivity contribution in [2.75, 3.05) is 0 Å². The summed E-state index contributed by atoms with van der Waals surface area (Å²) < 4.78 is 1.78. The fraction of sp³-hybridized carbons (Fsp3) is 0. The second kappa shape index (κ2) is 3.33. The van der Waals surface area contributed by atoms with Crippen LogP contribution in [0, 0.1) is 22.7 Å². The van der Waals surface area contributed by atoms with Gasteiger partial charge in [-0.2, -0.15) is 10.5 Å². The Morgan fingerprint density at radius 3 is 2.71 bits per heavy atom. The molecule has 0 N–H and O–H groups in total. The Balaban J connectivity index is 2.58. The van der Waals surface area contributed by atoms with Crippen molar-refractivity contribution < 1.29 is 0 Å². The molecule has 0 aliphatic carbocycles. The predicted molar refractivity (Wildman–Crippen MR) is 62.1 cm³/mol. The Morgan fingerprint density at radius 2 is 1.94 bits per heavy atom. The molecule has 2 aromatic heterocycles. The molecule has 17 heavy (non-hydrogen) atoms. The van der Waals surface area contributed by atoms with E-state index in [-0.39, 0.29) is 0 Å². The SMILES string of the molecule is N#Cc1cc(C#N)c2nc3ccccc3n2c1. The van der Waals surface area contributed by atoms with Gasteiger partial charge in [-0.3, -0.25) is 4.40 Å². The third-order valence-electron chi connectivity index (χ3n) is 2.65. The fourth-order valence-corrected chi connectivity index (χ4v) is 1.90. The number of hydrogen-bond donors (Lipinski definition) is 0. The molecule has 4 nitrogen and oxygen atoms in total. The number of aromatic nitrogens is 2. The van der Waals surface area contributed by atoms with Gasteiger partial charge < -0.3 is 0 Å². The Hall–Kier alpha value is -2.85. The lowest BCUT2D eigenvalue weighted by atomic mass is 10.2. The van der Waals surface area contributed by atoms with Crippen molar-refractivity contribution in [1.82, 2.24) is 9.38 Å². The lowest BCUT2D eigenvalue weighted by molar-refractivity contribution is 1.20. The zero-order valence-corrected chi connectivity index (χ0v) is 8.75. The predicted octanol–water partition coefficient (Wildman–Crippen LogP) is 2.23. The van der Waals surface area contributed by atoms with Crippen LogP contribution in [0.4, 0.5) is 0 Å². The molecule has 3 aromatic rings. The standard InChI is InChI=1S/C13H6N4/c14-6-9-5-10(7-15)13-16-11-3-1-2-4-12(11)17(13)8-9/h1-5,8H. The van der Waals surface area contributed by atoms with Crippen LogP contribution < -0.4 is 0 Å². The van der Waals surface area contributed by atoms with E-state index in [4.69, 9.17) is 10.5 Å². The number of rotatable bonds is 0. The van der Waals surface area contributed by atoms with Gasteiger partial charge >= 0.3 is 0 Å². The highest BCUT2D eigenvalue weighted by Gasteiger charge is 2.09. The van der Waals surface area contributed by atoms with Gasteiger partial charge in [0.2, 0.25) is 0 Å². The lowest BCUT2D eigenvalue weighted by Crippen LogP contribution is -1.91. The van der Waals surface area contributed by atoms with Gasteiger partial charge in [0, 0.05) is 6.20 Å². The molecule has 0 saturated heterocycles. The van der Waals surface area contributed by atoms with Crippen molar-refractivity contribution in [2.24, 2.45) is 0 Å². The van der Waals surface area contributed by atoms with Gasteiger partial charge in [0.05, 0.1) is 22.2 Å². The highest BCUT2D eigenvalue weighted by atomic mass is 15.0. The van der Waals surface area contributed by atoms with Crippen LogP contribution in [0.5, 0.6) is 0 Å². The Bertz CT molecular complexity index is 815. The van der Waals surface area contributed by atoms with Crippen LogP contribution in [-0.4, -0.2) is 9.38 Å². The van der Waals surface area contributed by atoms with Crippen LogP contribution in [0.3, 0.4) is 0 Å². The van der Waals surface area contributed by atoms with Crippen LogP contribution in [0.1, 0.15) is 11.1 Å². The maximum absolute atomic E-state index is 9.07. The molecular formula is C13H6N4. The number of benzene rings is 1. The molecule has 0 spiro atoms. The van der Waals surface area contributed by atoms with E-state index in [0.717, 1.165) is 11.0 Å². The molecule has 0 bridgehead atoms. The first-order valence-electron chi connectivity index (χ1n) is 5.04. The van der Waals surface area contributed by atoms with Crippen molar-refractivity contribution >= 4 is 16.7 Å². The average molecular weight is 218 g/mol. The minimum atomic E-state index is 0.417. The van der Waals surface area contributed by atoms with E-state index in [1.807, 2.05) is 30.3 Å². The van der Waals surface area contributed by atoms with Crippen LogP contribution in [0.15, 0.2) is 36.5 Å². The van der Waals surface area contributed by atoms with E-state index >= 15 is 0 Å². The molecule has 0 aliphatic heterocycles. The summed E-state index contributed by atoms with van der Waals surface area (Å²) in [5, 5.41) is 18.0. The maximum atomic E-state index is 9.07. The summed E-state index contributed by atoms with van der Waals surface area (Å²) in [6.07, 6.45) is 1.70. The van der Waals surface area contributed by atoms with Crippen LogP contribution >= 0.6 is 0 Å². The summed E-state index contributed by atoms with van der Waals surface area (Å²) in [7, 11) is 0. The number of nitrogens with zero attached hydrogens (tertiary/aromatic N) is 4. The molecular weight excluding hydrogens is 212 g/mol. The number of nitriles is 2. The van der Waals surface area contributed by atoms with Gasteiger partial charge in [-0.15, -0.1) is 0 Å². The largest absolute Gasteiger partial charge is 0.297 e.